The van der Waals surface area contributed by atoms with E-state index in [0.717, 1.165) is 23.8 Å². The lowest BCUT2D eigenvalue weighted by Gasteiger charge is -2.20. The van der Waals surface area contributed by atoms with Gasteiger partial charge in [-0.05, 0) is 19.3 Å². The quantitative estimate of drug-likeness (QED) is 0.799. The smallest absolute Gasteiger partial charge is 0.130 e. The van der Waals surface area contributed by atoms with Crippen LogP contribution in [0.3, 0.4) is 0 Å². The lowest BCUT2D eigenvalue weighted by molar-refractivity contribution is 0.249. The molecule has 90 valence electrons. The minimum Gasteiger partial charge on any atom is -0.394 e. The van der Waals surface area contributed by atoms with Crippen LogP contribution in [0.2, 0.25) is 0 Å². The summed E-state index contributed by atoms with van der Waals surface area (Å²) in [6.07, 6.45) is 0.892. The van der Waals surface area contributed by atoms with E-state index in [-0.39, 0.29) is 12.6 Å². The van der Waals surface area contributed by atoms with E-state index in [0.29, 0.717) is 5.92 Å². The molecule has 1 heterocycles. The van der Waals surface area contributed by atoms with Crippen molar-refractivity contribution in [3.63, 3.8) is 0 Å². The summed E-state index contributed by atoms with van der Waals surface area (Å²) in [5.74, 6) is 1.93. The molecule has 0 aliphatic rings. The van der Waals surface area contributed by atoms with Crippen molar-refractivity contribution in [1.82, 2.24) is 9.97 Å². The van der Waals surface area contributed by atoms with E-state index in [1.807, 2.05) is 13.0 Å². The zero-order chi connectivity index (χ0) is 12.1. The fraction of sp³-hybridized carbons (Fsp3) is 0.667. The number of hydrogen-bond donors (Lipinski definition) is 2. The number of aryl methyl sites for hydroxylation is 2. The van der Waals surface area contributed by atoms with Crippen LogP contribution in [0.15, 0.2) is 6.07 Å². The highest BCUT2D eigenvalue weighted by Gasteiger charge is 2.12. The molecule has 4 nitrogen and oxygen atoms in total. The van der Waals surface area contributed by atoms with E-state index in [1.165, 1.54) is 0 Å². The molecule has 0 saturated carbocycles. The second kappa shape index (κ2) is 5.80. The Morgan fingerprint density at radius 2 is 2.06 bits per heavy atom. The van der Waals surface area contributed by atoms with Crippen molar-refractivity contribution in [1.29, 1.82) is 0 Å². The summed E-state index contributed by atoms with van der Waals surface area (Å²) >= 11 is 0. The predicted octanol–water partition coefficient (Wildman–Crippen LogP) is 1.78. The maximum Gasteiger partial charge on any atom is 0.130 e. The van der Waals surface area contributed by atoms with E-state index < -0.39 is 0 Å². The normalized spacial score (nSPS) is 12.9. The molecule has 0 bridgehead atoms. The zero-order valence-electron chi connectivity index (χ0n) is 10.5. The number of nitrogens with zero attached hydrogens (tertiary/aromatic N) is 2. The summed E-state index contributed by atoms with van der Waals surface area (Å²) in [7, 11) is 0. The monoisotopic (exact) mass is 223 g/mol. The molecule has 0 aliphatic heterocycles. The van der Waals surface area contributed by atoms with E-state index in [2.05, 4.69) is 36.1 Å². The van der Waals surface area contributed by atoms with Gasteiger partial charge in [-0.3, -0.25) is 0 Å². The fourth-order valence-corrected chi connectivity index (χ4v) is 1.50. The number of nitrogens with one attached hydrogen (secondary N) is 1. The number of rotatable bonds is 5. The Morgan fingerprint density at radius 1 is 1.38 bits per heavy atom. The molecule has 16 heavy (non-hydrogen) atoms. The van der Waals surface area contributed by atoms with Crippen LogP contribution in [0.5, 0.6) is 0 Å². The zero-order valence-corrected chi connectivity index (χ0v) is 10.5. The average molecular weight is 223 g/mol. The SMILES string of the molecule is CCc1cc(NC(CO)C(C)C)nc(C)n1. The highest BCUT2D eigenvalue weighted by atomic mass is 16.3. The van der Waals surface area contributed by atoms with Crippen LogP contribution >= 0.6 is 0 Å². The number of aliphatic hydroxyl groups is 1. The van der Waals surface area contributed by atoms with Gasteiger partial charge in [-0.2, -0.15) is 0 Å². The van der Waals surface area contributed by atoms with Gasteiger partial charge in [0.15, 0.2) is 0 Å². The minimum atomic E-state index is 0.0407. The van der Waals surface area contributed by atoms with Crippen molar-refractivity contribution in [2.45, 2.75) is 40.2 Å². The molecule has 1 atom stereocenters. The highest BCUT2D eigenvalue weighted by molar-refractivity contribution is 5.37. The Bertz CT molecular complexity index is 339. The molecule has 0 saturated heterocycles. The van der Waals surface area contributed by atoms with Crippen molar-refractivity contribution in [2.24, 2.45) is 5.92 Å². The van der Waals surface area contributed by atoms with Crippen LogP contribution in [-0.2, 0) is 6.42 Å². The van der Waals surface area contributed by atoms with Gasteiger partial charge in [0.1, 0.15) is 11.6 Å². The van der Waals surface area contributed by atoms with E-state index in [4.69, 9.17) is 0 Å². The minimum absolute atomic E-state index is 0.0407. The molecule has 1 unspecified atom stereocenters. The molecule has 1 aromatic heterocycles. The van der Waals surface area contributed by atoms with Crippen LogP contribution in [0.4, 0.5) is 5.82 Å². The van der Waals surface area contributed by atoms with Gasteiger partial charge in [-0.15, -0.1) is 0 Å². The van der Waals surface area contributed by atoms with Crippen LogP contribution in [0.25, 0.3) is 0 Å². The second-order valence-corrected chi connectivity index (χ2v) is 4.32. The van der Waals surface area contributed by atoms with E-state index in [1.54, 1.807) is 0 Å². The standard InChI is InChI=1S/C12H21N3O/c1-5-10-6-12(14-9(4)13-10)15-11(7-16)8(2)3/h6,8,11,16H,5,7H2,1-4H3,(H,13,14,15). The number of anilines is 1. The van der Waals surface area contributed by atoms with Crippen molar-refractivity contribution in [2.75, 3.05) is 11.9 Å². The molecule has 1 aromatic rings. The summed E-state index contributed by atoms with van der Waals surface area (Å²) in [6, 6.07) is 1.98. The van der Waals surface area contributed by atoms with Crippen molar-refractivity contribution in [3.05, 3.63) is 17.6 Å². The van der Waals surface area contributed by atoms with Gasteiger partial charge in [0, 0.05) is 11.8 Å². The first-order valence-corrected chi connectivity index (χ1v) is 5.78. The average Bonchev–Trinajstić information content (AvgIpc) is 2.24. The van der Waals surface area contributed by atoms with Crippen molar-refractivity contribution in [3.8, 4) is 0 Å². The molecular formula is C12H21N3O. The molecular weight excluding hydrogens is 202 g/mol. The third-order valence-electron chi connectivity index (χ3n) is 2.59. The van der Waals surface area contributed by atoms with Gasteiger partial charge < -0.3 is 10.4 Å². The molecule has 2 N–H and O–H groups in total. The molecule has 4 heteroatoms. The lowest BCUT2D eigenvalue weighted by atomic mass is 10.1. The molecule has 0 fully saturated rings. The fourth-order valence-electron chi connectivity index (χ4n) is 1.50. The van der Waals surface area contributed by atoms with Crippen LogP contribution in [-0.4, -0.2) is 27.7 Å². The summed E-state index contributed by atoms with van der Waals surface area (Å²) in [5, 5.41) is 12.5. The molecule has 0 aliphatic carbocycles. The largest absolute Gasteiger partial charge is 0.394 e. The van der Waals surface area contributed by atoms with Gasteiger partial charge >= 0.3 is 0 Å². The molecule has 0 aromatic carbocycles. The van der Waals surface area contributed by atoms with Gasteiger partial charge in [0.25, 0.3) is 0 Å². The van der Waals surface area contributed by atoms with Crippen LogP contribution < -0.4 is 5.32 Å². The first kappa shape index (κ1) is 12.9. The number of aromatic nitrogens is 2. The second-order valence-electron chi connectivity index (χ2n) is 4.32. The van der Waals surface area contributed by atoms with Crippen LogP contribution in [0.1, 0.15) is 32.3 Å². The van der Waals surface area contributed by atoms with Gasteiger partial charge in [-0.1, -0.05) is 20.8 Å². The Morgan fingerprint density at radius 3 is 2.56 bits per heavy atom. The van der Waals surface area contributed by atoms with Gasteiger partial charge in [-0.25, -0.2) is 9.97 Å². The van der Waals surface area contributed by atoms with Gasteiger partial charge in [0.2, 0.25) is 0 Å². The van der Waals surface area contributed by atoms with Crippen molar-refractivity contribution >= 4 is 5.82 Å². The van der Waals surface area contributed by atoms with Gasteiger partial charge in [0.05, 0.1) is 12.6 Å². The van der Waals surface area contributed by atoms with Crippen LogP contribution in [0, 0.1) is 12.8 Å². The Hall–Kier alpha value is -1.16. The Balaban J connectivity index is 2.83. The summed E-state index contributed by atoms with van der Waals surface area (Å²) in [6.45, 7) is 8.21. The van der Waals surface area contributed by atoms with Crippen molar-refractivity contribution < 1.29 is 5.11 Å². The Labute approximate surface area is 97.1 Å². The Kier molecular flexibility index (Phi) is 4.68. The van der Waals surface area contributed by atoms with E-state index >= 15 is 0 Å². The molecule has 1 rings (SSSR count). The number of hydrogen-bond acceptors (Lipinski definition) is 4. The molecule has 0 radical (unpaired) electrons. The maximum absolute atomic E-state index is 9.25. The first-order valence-electron chi connectivity index (χ1n) is 5.78. The topological polar surface area (TPSA) is 58.0 Å². The maximum atomic E-state index is 9.25. The summed E-state index contributed by atoms with van der Waals surface area (Å²) in [4.78, 5) is 8.64. The third kappa shape index (κ3) is 3.45. The molecule has 0 spiro atoms. The number of aliphatic hydroxyl groups excluding tert-OH is 1. The predicted molar refractivity (Wildman–Crippen MR) is 65.5 cm³/mol. The van der Waals surface area contributed by atoms with E-state index in [9.17, 15) is 5.11 Å². The molecule has 0 amide bonds. The third-order valence-corrected chi connectivity index (χ3v) is 2.59. The first-order chi connectivity index (χ1) is 7.56. The lowest BCUT2D eigenvalue weighted by Crippen LogP contribution is -2.30. The summed E-state index contributed by atoms with van der Waals surface area (Å²) < 4.78 is 0. The summed E-state index contributed by atoms with van der Waals surface area (Å²) in [5.41, 5.74) is 1.02. The highest BCUT2D eigenvalue weighted by Crippen LogP contribution is 2.12.